The van der Waals surface area contributed by atoms with E-state index in [1.807, 2.05) is 6.07 Å². The number of hydrogen-bond donors (Lipinski definition) is 1. The second-order valence-corrected chi connectivity index (χ2v) is 6.43. The summed E-state index contributed by atoms with van der Waals surface area (Å²) >= 11 is 6.09. The van der Waals surface area contributed by atoms with Crippen molar-refractivity contribution in [2.75, 3.05) is 11.9 Å². The van der Waals surface area contributed by atoms with Crippen LogP contribution in [0.3, 0.4) is 0 Å². The van der Waals surface area contributed by atoms with Gasteiger partial charge in [0.25, 0.3) is 0 Å². The van der Waals surface area contributed by atoms with E-state index in [9.17, 15) is 0 Å². The zero-order chi connectivity index (χ0) is 12.4. The second-order valence-electron chi connectivity index (χ2n) is 5.99. The van der Waals surface area contributed by atoms with E-state index in [2.05, 4.69) is 17.4 Å². The van der Waals surface area contributed by atoms with E-state index in [0.29, 0.717) is 0 Å². The Bertz CT molecular complexity index is 410. The minimum atomic E-state index is 0.805. The molecule has 0 amide bonds. The standard InChI is InChI=1S/C16H22ClN/c17-15-6-7-16-14(10-15)9-13(11-18-16)8-12-4-2-1-3-5-12/h6-7,10,12-13,18H,1-5,8-9,11H2. The van der Waals surface area contributed by atoms with Gasteiger partial charge in [0.1, 0.15) is 0 Å². The highest BCUT2D eigenvalue weighted by Gasteiger charge is 2.23. The van der Waals surface area contributed by atoms with Gasteiger partial charge in [-0.2, -0.15) is 0 Å². The summed E-state index contributed by atoms with van der Waals surface area (Å²) in [5, 5.41) is 4.44. The second kappa shape index (κ2) is 5.52. The Labute approximate surface area is 115 Å². The molecular weight excluding hydrogens is 242 g/mol. The van der Waals surface area contributed by atoms with Crippen molar-refractivity contribution in [2.24, 2.45) is 11.8 Å². The van der Waals surface area contributed by atoms with Crippen LogP contribution in [-0.2, 0) is 6.42 Å². The summed E-state index contributed by atoms with van der Waals surface area (Å²) in [6.45, 7) is 1.14. The van der Waals surface area contributed by atoms with Gasteiger partial charge in [-0.15, -0.1) is 0 Å². The molecule has 1 aliphatic heterocycles. The van der Waals surface area contributed by atoms with Gasteiger partial charge < -0.3 is 5.32 Å². The van der Waals surface area contributed by atoms with Gasteiger partial charge in [-0.1, -0.05) is 43.7 Å². The molecule has 1 atom stereocenters. The van der Waals surface area contributed by atoms with Crippen molar-refractivity contribution < 1.29 is 0 Å². The molecule has 2 heteroatoms. The summed E-state index contributed by atoms with van der Waals surface area (Å²) in [6, 6.07) is 6.24. The summed E-state index contributed by atoms with van der Waals surface area (Å²) in [5.74, 6) is 1.78. The third kappa shape index (κ3) is 2.83. The van der Waals surface area contributed by atoms with E-state index in [1.165, 1.54) is 56.2 Å². The van der Waals surface area contributed by atoms with Crippen molar-refractivity contribution in [3.8, 4) is 0 Å². The van der Waals surface area contributed by atoms with Gasteiger partial charge in [-0.3, -0.25) is 0 Å². The Kier molecular flexibility index (Phi) is 3.79. The van der Waals surface area contributed by atoms with E-state index in [-0.39, 0.29) is 0 Å². The third-order valence-corrected chi connectivity index (χ3v) is 4.78. The van der Waals surface area contributed by atoms with Crippen LogP contribution in [0.4, 0.5) is 5.69 Å². The number of rotatable bonds is 2. The highest BCUT2D eigenvalue weighted by molar-refractivity contribution is 6.30. The Morgan fingerprint density at radius 2 is 1.94 bits per heavy atom. The van der Waals surface area contributed by atoms with Gasteiger partial charge in [-0.05, 0) is 48.4 Å². The Morgan fingerprint density at radius 3 is 2.78 bits per heavy atom. The van der Waals surface area contributed by atoms with Crippen LogP contribution in [0.5, 0.6) is 0 Å². The van der Waals surface area contributed by atoms with Crippen molar-refractivity contribution >= 4 is 17.3 Å². The van der Waals surface area contributed by atoms with E-state index in [4.69, 9.17) is 11.6 Å². The number of benzene rings is 1. The van der Waals surface area contributed by atoms with Gasteiger partial charge in [0, 0.05) is 17.3 Å². The summed E-state index contributed by atoms with van der Waals surface area (Å²) in [4.78, 5) is 0. The van der Waals surface area contributed by atoms with Crippen LogP contribution in [0.1, 0.15) is 44.1 Å². The molecule has 1 aliphatic carbocycles. The van der Waals surface area contributed by atoms with Crippen molar-refractivity contribution in [2.45, 2.75) is 44.9 Å². The molecule has 98 valence electrons. The monoisotopic (exact) mass is 263 g/mol. The maximum atomic E-state index is 6.09. The Hall–Kier alpha value is -0.690. The lowest BCUT2D eigenvalue weighted by atomic mass is 9.80. The first-order valence-corrected chi connectivity index (χ1v) is 7.71. The van der Waals surface area contributed by atoms with Crippen molar-refractivity contribution in [3.05, 3.63) is 28.8 Å². The predicted molar refractivity (Wildman–Crippen MR) is 78.3 cm³/mol. The molecule has 1 saturated carbocycles. The molecule has 1 heterocycles. The lowest BCUT2D eigenvalue weighted by molar-refractivity contribution is 0.289. The van der Waals surface area contributed by atoms with Crippen LogP contribution in [0.15, 0.2) is 18.2 Å². The highest BCUT2D eigenvalue weighted by Crippen LogP contribution is 2.34. The van der Waals surface area contributed by atoms with Gasteiger partial charge in [0.05, 0.1) is 0 Å². The summed E-state index contributed by atoms with van der Waals surface area (Å²) in [5.41, 5.74) is 2.70. The largest absolute Gasteiger partial charge is 0.385 e. The average molecular weight is 264 g/mol. The molecule has 1 aromatic carbocycles. The van der Waals surface area contributed by atoms with Crippen molar-refractivity contribution in [1.82, 2.24) is 0 Å². The molecule has 0 bridgehead atoms. The topological polar surface area (TPSA) is 12.0 Å². The molecule has 0 aromatic heterocycles. The molecule has 2 aliphatic rings. The predicted octanol–water partition coefficient (Wildman–Crippen LogP) is 4.89. The lowest BCUT2D eigenvalue weighted by Crippen LogP contribution is -2.25. The quantitative estimate of drug-likeness (QED) is 0.801. The Morgan fingerprint density at radius 1 is 1.11 bits per heavy atom. The van der Waals surface area contributed by atoms with Crippen molar-refractivity contribution in [1.29, 1.82) is 0 Å². The van der Waals surface area contributed by atoms with Crippen molar-refractivity contribution in [3.63, 3.8) is 0 Å². The fourth-order valence-electron chi connectivity index (χ4n) is 3.60. The van der Waals surface area contributed by atoms with Crippen LogP contribution in [-0.4, -0.2) is 6.54 Å². The van der Waals surface area contributed by atoms with Gasteiger partial charge in [0.2, 0.25) is 0 Å². The zero-order valence-corrected chi connectivity index (χ0v) is 11.7. The SMILES string of the molecule is Clc1ccc2c(c1)CC(CC1CCCCC1)CN2. The van der Waals surface area contributed by atoms with E-state index >= 15 is 0 Å². The zero-order valence-electron chi connectivity index (χ0n) is 10.9. The number of anilines is 1. The normalized spacial score (nSPS) is 24.4. The molecule has 1 fully saturated rings. The fraction of sp³-hybridized carbons (Fsp3) is 0.625. The minimum Gasteiger partial charge on any atom is -0.385 e. The van der Waals surface area contributed by atoms with Crippen LogP contribution in [0, 0.1) is 11.8 Å². The highest BCUT2D eigenvalue weighted by atomic mass is 35.5. The molecule has 3 rings (SSSR count). The number of nitrogens with one attached hydrogen (secondary N) is 1. The van der Waals surface area contributed by atoms with Gasteiger partial charge in [-0.25, -0.2) is 0 Å². The minimum absolute atomic E-state index is 0.805. The molecule has 0 spiro atoms. The molecular formula is C16H22ClN. The first-order chi connectivity index (χ1) is 8.81. The molecule has 1 unspecified atom stereocenters. The first kappa shape index (κ1) is 12.3. The summed E-state index contributed by atoms with van der Waals surface area (Å²) < 4.78 is 0. The molecule has 0 radical (unpaired) electrons. The summed E-state index contributed by atoms with van der Waals surface area (Å²) in [6.07, 6.45) is 9.88. The fourth-order valence-corrected chi connectivity index (χ4v) is 3.80. The van der Waals surface area contributed by atoms with Crippen LogP contribution >= 0.6 is 11.6 Å². The maximum Gasteiger partial charge on any atom is 0.0410 e. The summed E-state index contributed by atoms with van der Waals surface area (Å²) in [7, 11) is 0. The average Bonchev–Trinajstić information content (AvgIpc) is 2.39. The molecule has 1 N–H and O–H groups in total. The molecule has 18 heavy (non-hydrogen) atoms. The van der Waals surface area contributed by atoms with E-state index in [0.717, 1.165) is 23.4 Å². The van der Waals surface area contributed by atoms with E-state index in [1.54, 1.807) is 0 Å². The van der Waals surface area contributed by atoms with E-state index < -0.39 is 0 Å². The van der Waals surface area contributed by atoms with Crippen LogP contribution < -0.4 is 5.32 Å². The third-order valence-electron chi connectivity index (χ3n) is 4.55. The maximum absolute atomic E-state index is 6.09. The number of hydrogen-bond acceptors (Lipinski definition) is 1. The smallest absolute Gasteiger partial charge is 0.0410 e. The van der Waals surface area contributed by atoms with Crippen LogP contribution in [0.25, 0.3) is 0 Å². The first-order valence-electron chi connectivity index (χ1n) is 7.33. The molecule has 1 nitrogen and oxygen atoms in total. The number of halogens is 1. The Balaban J connectivity index is 1.63. The molecule has 1 aromatic rings. The number of fused-ring (bicyclic) bond motifs is 1. The van der Waals surface area contributed by atoms with Crippen LogP contribution in [0.2, 0.25) is 5.02 Å². The van der Waals surface area contributed by atoms with Gasteiger partial charge >= 0.3 is 0 Å². The lowest BCUT2D eigenvalue weighted by Gasteiger charge is -2.31. The molecule has 0 saturated heterocycles. The van der Waals surface area contributed by atoms with Gasteiger partial charge in [0.15, 0.2) is 0 Å².